The Morgan fingerprint density at radius 1 is 0.800 bits per heavy atom. The summed E-state index contributed by atoms with van der Waals surface area (Å²) in [7, 11) is 0. The lowest BCUT2D eigenvalue weighted by atomic mass is 9.92. The Kier molecular flexibility index (Phi) is 8.68. The third kappa shape index (κ3) is 5.88. The van der Waals surface area contributed by atoms with Gasteiger partial charge in [-0.1, -0.05) is 43.5 Å². The second kappa shape index (κ2) is 10.2. The number of unbranched alkanes of at least 4 members (excludes halogenated alkanes) is 1. The van der Waals surface area contributed by atoms with E-state index < -0.39 is 0 Å². The van der Waals surface area contributed by atoms with Crippen molar-refractivity contribution in [2.75, 3.05) is 13.1 Å². The van der Waals surface area contributed by atoms with Gasteiger partial charge < -0.3 is 4.90 Å². The van der Waals surface area contributed by atoms with Crippen molar-refractivity contribution in [2.24, 2.45) is 0 Å². The molecule has 1 amide bonds. The summed E-state index contributed by atoms with van der Waals surface area (Å²) in [4.78, 5) is 14.8. The second-order valence-corrected chi connectivity index (χ2v) is 7.22. The largest absolute Gasteiger partial charge is 0.339 e. The molecule has 0 aliphatic rings. The molecule has 0 N–H and O–H groups in total. The van der Waals surface area contributed by atoms with E-state index in [1.807, 2.05) is 17.0 Å². The van der Waals surface area contributed by atoms with Crippen molar-refractivity contribution in [2.45, 2.75) is 67.7 Å². The zero-order valence-corrected chi connectivity index (χ0v) is 17.2. The lowest BCUT2D eigenvalue weighted by Gasteiger charge is -2.22. The molecule has 1 rings (SSSR count). The average molecular weight is 342 g/mol. The van der Waals surface area contributed by atoms with Gasteiger partial charge in [0, 0.05) is 18.7 Å². The van der Waals surface area contributed by atoms with Crippen molar-refractivity contribution in [3.63, 3.8) is 0 Å². The summed E-state index contributed by atoms with van der Waals surface area (Å²) < 4.78 is 0. The van der Waals surface area contributed by atoms with Crippen LogP contribution in [0.5, 0.6) is 0 Å². The zero-order valence-electron chi connectivity index (χ0n) is 17.2. The van der Waals surface area contributed by atoms with Crippen LogP contribution >= 0.6 is 0 Å². The topological polar surface area (TPSA) is 20.3 Å². The van der Waals surface area contributed by atoms with Gasteiger partial charge in [-0.3, -0.25) is 4.79 Å². The van der Waals surface area contributed by atoms with Gasteiger partial charge in [-0.25, -0.2) is 0 Å². The lowest BCUT2D eigenvalue weighted by Crippen LogP contribution is -2.32. The number of carbonyl (C=O) groups is 1. The molecule has 25 heavy (non-hydrogen) atoms. The lowest BCUT2D eigenvalue weighted by molar-refractivity contribution is 0.0753. The van der Waals surface area contributed by atoms with Crippen LogP contribution in [0.15, 0.2) is 41.0 Å². The maximum Gasteiger partial charge on any atom is 0.253 e. The number of carbonyl (C=O) groups excluding carboxylic acids is 1. The van der Waals surface area contributed by atoms with E-state index in [1.54, 1.807) is 0 Å². The van der Waals surface area contributed by atoms with Crippen molar-refractivity contribution in [1.82, 2.24) is 4.90 Å². The fraction of sp³-hybridized carbons (Fsp3) is 0.522. The molecule has 138 valence electrons. The summed E-state index contributed by atoms with van der Waals surface area (Å²) in [5, 5.41) is 0. The van der Waals surface area contributed by atoms with Crippen LogP contribution in [0.3, 0.4) is 0 Å². The summed E-state index contributed by atoms with van der Waals surface area (Å²) in [5.41, 5.74) is 7.20. The molecule has 0 saturated heterocycles. The van der Waals surface area contributed by atoms with Crippen LogP contribution in [0.25, 0.3) is 5.57 Å². The number of hydrogen-bond acceptors (Lipinski definition) is 1. The Bertz CT molecular complexity index is 627. The molecule has 0 aliphatic heterocycles. The van der Waals surface area contributed by atoms with Crippen LogP contribution in [0.4, 0.5) is 0 Å². The molecule has 0 aromatic heterocycles. The molecule has 2 nitrogen and oxygen atoms in total. The first-order chi connectivity index (χ1) is 11.8. The first-order valence-corrected chi connectivity index (χ1v) is 9.55. The molecule has 0 aliphatic carbocycles. The van der Waals surface area contributed by atoms with Gasteiger partial charge in [-0.15, -0.1) is 0 Å². The zero-order chi connectivity index (χ0) is 19.0. The quantitative estimate of drug-likeness (QED) is 0.495. The monoisotopic (exact) mass is 341 g/mol. The molecule has 1 aromatic rings. The number of amides is 1. The van der Waals surface area contributed by atoms with Crippen molar-refractivity contribution >= 4 is 11.5 Å². The highest BCUT2D eigenvalue weighted by Gasteiger charge is 2.15. The van der Waals surface area contributed by atoms with Crippen LogP contribution in [0, 0.1) is 0 Å². The number of benzene rings is 1. The number of hydrogen-bond donors (Lipinski definition) is 0. The van der Waals surface area contributed by atoms with E-state index in [1.165, 1.54) is 27.9 Å². The van der Waals surface area contributed by atoms with Crippen LogP contribution in [-0.4, -0.2) is 23.9 Å². The Morgan fingerprint density at radius 3 is 1.80 bits per heavy atom. The van der Waals surface area contributed by atoms with E-state index in [0.717, 1.165) is 37.9 Å². The Labute approximate surface area is 154 Å². The molecule has 0 heterocycles. The molecule has 0 fully saturated rings. The summed E-state index contributed by atoms with van der Waals surface area (Å²) >= 11 is 0. The van der Waals surface area contributed by atoms with Gasteiger partial charge in [0.15, 0.2) is 0 Å². The number of nitrogens with zero attached hydrogens (tertiary/aromatic N) is 1. The minimum atomic E-state index is 0.152. The Hall–Kier alpha value is -1.83. The highest BCUT2D eigenvalue weighted by atomic mass is 16.2. The summed E-state index contributed by atoms with van der Waals surface area (Å²) in [6.45, 7) is 16.7. The van der Waals surface area contributed by atoms with Crippen molar-refractivity contribution in [3.8, 4) is 0 Å². The van der Waals surface area contributed by atoms with Gasteiger partial charge in [-0.05, 0) is 76.3 Å². The van der Waals surface area contributed by atoms with Gasteiger partial charge in [-0.2, -0.15) is 0 Å². The molecular formula is C23H35NO. The molecule has 0 atom stereocenters. The van der Waals surface area contributed by atoms with E-state index in [2.05, 4.69) is 60.6 Å². The fourth-order valence-corrected chi connectivity index (χ4v) is 3.03. The summed E-state index contributed by atoms with van der Waals surface area (Å²) in [6, 6.07) is 8.14. The van der Waals surface area contributed by atoms with Crippen molar-refractivity contribution in [1.29, 1.82) is 0 Å². The normalized spacial score (nSPS) is 10.4. The summed E-state index contributed by atoms with van der Waals surface area (Å²) in [6.07, 6.45) is 3.17. The maximum atomic E-state index is 12.8. The van der Waals surface area contributed by atoms with E-state index in [0.29, 0.717) is 0 Å². The molecule has 2 heteroatoms. The van der Waals surface area contributed by atoms with E-state index in [4.69, 9.17) is 0 Å². The third-order valence-corrected chi connectivity index (χ3v) is 4.61. The van der Waals surface area contributed by atoms with Gasteiger partial charge in [0.1, 0.15) is 0 Å². The van der Waals surface area contributed by atoms with Crippen LogP contribution < -0.4 is 0 Å². The van der Waals surface area contributed by atoms with Crippen molar-refractivity contribution in [3.05, 3.63) is 52.1 Å². The van der Waals surface area contributed by atoms with E-state index in [9.17, 15) is 4.79 Å². The van der Waals surface area contributed by atoms with Crippen LogP contribution in [-0.2, 0) is 0 Å². The molecule has 1 aromatic carbocycles. The van der Waals surface area contributed by atoms with Gasteiger partial charge >= 0.3 is 0 Å². The summed E-state index contributed by atoms with van der Waals surface area (Å²) in [5.74, 6) is 0.152. The highest BCUT2D eigenvalue weighted by Crippen LogP contribution is 2.29. The first-order valence-electron chi connectivity index (χ1n) is 9.55. The van der Waals surface area contributed by atoms with Crippen LogP contribution in [0.2, 0.25) is 0 Å². The fourth-order valence-electron chi connectivity index (χ4n) is 3.03. The standard InChI is InChI=1S/C23H35NO/c1-8-10-16-24(15-9-2)23(25)21-13-11-20(12-14-21)22(18(5)6)19(7)17(3)4/h11-14H,8-10,15-16H2,1-7H3. The molecule has 0 unspecified atom stereocenters. The third-order valence-electron chi connectivity index (χ3n) is 4.61. The minimum absolute atomic E-state index is 0.152. The predicted octanol–water partition coefficient (Wildman–Crippen LogP) is 6.49. The number of rotatable bonds is 8. The van der Waals surface area contributed by atoms with Gasteiger partial charge in [0.2, 0.25) is 0 Å². The smallest absolute Gasteiger partial charge is 0.253 e. The van der Waals surface area contributed by atoms with E-state index >= 15 is 0 Å². The minimum Gasteiger partial charge on any atom is -0.339 e. The molecule has 0 radical (unpaired) electrons. The van der Waals surface area contributed by atoms with Gasteiger partial charge in [0.05, 0.1) is 0 Å². The van der Waals surface area contributed by atoms with Gasteiger partial charge in [0.25, 0.3) is 5.91 Å². The molecule has 0 spiro atoms. The number of allylic oxidation sites excluding steroid dienone is 4. The maximum absolute atomic E-state index is 12.8. The predicted molar refractivity (Wildman–Crippen MR) is 110 cm³/mol. The Morgan fingerprint density at radius 2 is 1.36 bits per heavy atom. The van der Waals surface area contributed by atoms with Crippen molar-refractivity contribution < 1.29 is 4.79 Å². The average Bonchev–Trinajstić information content (AvgIpc) is 2.58. The Balaban J connectivity index is 3.10. The van der Waals surface area contributed by atoms with Crippen LogP contribution in [0.1, 0.15) is 83.7 Å². The molecular weight excluding hydrogens is 306 g/mol. The highest BCUT2D eigenvalue weighted by molar-refractivity contribution is 5.95. The van der Waals surface area contributed by atoms with E-state index in [-0.39, 0.29) is 5.91 Å². The second-order valence-electron chi connectivity index (χ2n) is 7.22. The molecule has 0 bridgehead atoms. The SMILES string of the molecule is CCCCN(CCC)C(=O)c1ccc(C(=C(C)C)C(C)=C(C)C)cc1. The molecule has 0 saturated carbocycles. The first kappa shape index (κ1) is 21.2.